The summed E-state index contributed by atoms with van der Waals surface area (Å²) in [6.07, 6.45) is -4.31. The molecular weight excluding hydrogens is 361 g/mol. The first-order valence-corrected chi connectivity index (χ1v) is 8.36. The molecule has 27 heavy (non-hydrogen) atoms. The van der Waals surface area contributed by atoms with E-state index >= 15 is 0 Å². The van der Waals surface area contributed by atoms with E-state index in [1.807, 2.05) is 26.0 Å². The lowest BCUT2D eigenvalue weighted by Crippen LogP contribution is -2.36. The first-order chi connectivity index (χ1) is 12.8. The normalized spacial score (nSPS) is 12.3. The summed E-state index contributed by atoms with van der Waals surface area (Å²) in [5.41, 5.74) is 2.49. The summed E-state index contributed by atoms with van der Waals surface area (Å²) in [6, 6.07) is 7.13. The quantitative estimate of drug-likeness (QED) is 0.567. The highest BCUT2D eigenvalue weighted by Crippen LogP contribution is 2.15. The lowest BCUT2D eigenvalue weighted by molar-refractivity contribution is -0.176. The van der Waals surface area contributed by atoms with Crippen LogP contribution in [0.5, 0.6) is 0 Å². The maximum atomic E-state index is 12.1. The van der Waals surface area contributed by atoms with Crippen molar-refractivity contribution in [3.05, 3.63) is 52.7 Å². The van der Waals surface area contributed by atoms with Crippen molar-refractivity contribution in [3.63, 3.8) is 0 Å². The minimum atomic E-state index is -4.31. The number of ether oxygens (including phenoxy) is 1. The largest absolute Gasteiger partial charge is 0.444 e. The Hall–Kier alpha value is -2.55. The number of alkyl halides is 3. The number of benzene rings is 1. The molecule has 0 saturated heterocycles. The number of aliphatic imine (C=N–C) groups is 1. The van der Waals surface area contributed by atoms with Crippen molar-refractivity contribution in [3.8, 4) is 0 Å². The standard InChI is InChI=1S/C18H23F3N4O2/c1-12-13(2)27-16(25-12)9-24-17(22-3)23-8-14-4-6-15(7-5-14)10-26-11-18(19,20)21/h4-7H,8-11H2,1-3H3,(H2,22,23,24). The van der Waals surface area contributed by atoms with Crippen LogP contribution < -0.4 is 10.6 Å². The summed E-state index contributed by atoms with van der Waals surface area (Å²) in [5, 5.41) is 6.26. The second kappa shape index (κ2) is 9.40. The number of guanidine groups is 1. The molecule has 0 bridgehead atoms. The van der Waals surface area contributed by atoms with Crippen molar-refractivity contribution in [2.45, 2.75) is 39.7 Å². The number of aryl methyl sites for hydroxylation is 2. The Kier molecular flexibility index (Phi) is 7.23. The molecule has 1 aromatic carbocycles. The Balaban J connectivity index is 1.77. The van der Waals surface area contributed by atoms with Gasteiger partial charge in [-0.2, -0.15) is 13.2 Å². The number of aromatic nitrogens is 1. The molecule has 0 amide bonds. The van der Waals surface area contributed by atoms with Crippen LogP contribution >= 0.6 is 0 Å². The van der Waals surface area contributed by atoms with Gasteiger partial charge in [0.05, 0.1) is 18.8 Å². The highest BCUT2D eigenvalue weighted by Gasteiger charge is 2.27. The van der Waals surface area contributed by atoms with Gasteiger partial charge < -0.3 is 19.8 Å². The molecule has 0 saturated carbocycles. The van der Waals surface area contributed by atoms with Crippen molar-refractivity contribution in [2.75, 3.05) is 13.7 Å². The SMILES string of the molecule is CN=C(NCc1ccc(COCC(F)(F)F)cc1)NCc1nc(C)c(C)o1. The Labute approximate surface area is 155 Å². The molecule has 9 heteroatoms. The second-order valence-electron chi connectivity index (χ2n) is 5.95. The van der Waals surface area contributed by atoms with Crippen molar-refractivity contribution in [1.29, 1.82) is 0 Å². The van der Waals surface area contributed by atoms with Gasteiger partial charge in [0.2, 0.25) is 5.89 Å². The molecule has 2 rings (SSSR count). The van der Waals surface area contributed by atoms with E-state index in [0.29, 0.717) is 30.5 Å². The highest BCUT2D eigenvalue weighted by atomic mass is 19.4. The van der Waals surface area contributed by atoms with E-state index in [2.05, 4.69) is 25.3 Å². The summed E-state index contributed by atoms with van der Waals surface area (Å²) in [6.45, 7) is 3.33. The fraction of sp³-hybridized carbons (Fsp3) is 0.444. The van der Waals surface area contributed by atoms with E-state index in [1.165, 1.54) is 0 Å². The molecule has 6 nitrogen and oxygen atoms in total. The number of rotatable bonds is 7. The molecule has 2 aromatic rings. The van der Waals surface area contributed by atoms with E-state index in [1.54, 1.807) is 19.2 Å². The molecule has 0 aliphatic heterocycles. The number of hydrogen-bond acceptors (Lipinski definition) is 4. The number of nitrogens with zero attached hydrogens (tertiary/aromatic N) is 2. The maximum Gasteiger partial charge on any atom is 0.411 e. The number of hydrogen-bond donors (Lipinski definition) is 2. The summed E-state index contributed by atoms with van der Waals surface area (Å²) >= 11 is 0. The predicted molar refractivity (Wildman–Crippen MR) is 95.2 cm³/mol. The molecule has 1 heterocycles. The molecular formula is C18H23F3N4O2. The summed E-state index contributed by atoms with van der Waals surface area (Å²) < 4.78 is 46.3. The molecule has 1 aromatic heterocycles. The van der Waals surface area contributed by atoms with Crippen molar-refractivity contribution in [1.82, 2.24) is 15.6 Å². The van der Waals surface area contributed by atoms with Gasteiger partial charge in [-0.15, -0.1) is 0 Å². The minimum absolute atomic E-state index is 0.0780. The molecule has 2 N–H and O–H groups in total. The van der Waals surface area contributed by atoms with Gasteiger partial charge in [-0.1, -0.05) is 24.3 Å². The van der Waals surface area contributed by atoms with Crippen LogP contribution in [-0.2, 0) is 24.4 Å². The molecule has 0 unspecified atom stereocenters. The zero-order chi connectivity index (χ0) is 19.9. The maximum absolute atomic E-state index is 12.1. The topological polar surface area (TPSA) is 71.7 Å². The molecule has 0 spiro atoms. The fourth-order valence-corrected chi connectivity index (χ4v) is 2.22. The number of halogens is 3. The van der Waals surface area contributed by atoms with E-state index in [0.717, 1.165) is 17.0 Å². The van der Waals surface area contributed by atoms with Crippen molar-refractivity contribution >= 4 is 5.96 Å². The van der Waals surface area contributed by atoms with Crippen LogP contribution in [0.15, 0.2) is 33.7 Å². The Bertz CT molecular complexity index is 735. The first kappa shape index (κ1) is 20.8. The molecule has 0 fully saturated rings. The van der Waals surface area contributed by atoms with E-state index in [-0.39, 0.29) is 6.61 Å². The van der Waals surface area contributed by atoms with Crippen LogP contribution in [0.1, 0.15) is 28.5 Å². The zero-order valence-electron chi connectivity index (χ0n) is 15.5. The highest BCUT2D eigenvalue weighted by molar-refractivity contribution is 5.79. The predicted octanol–water partition coefficient (Wildman–Crippen LogP) is 3.24. The van der Waals surface area contributed by atoms with Gasteiger partial charge in [0.15, 0.2) is 5.96 Å². The van der Waals surface area contributed by atoms with E-state index in [9.17, 15) is 13.2 Å². The van der Waals surface area contributed by atoms with Gasteiger partial charge in [0.1, 0.15) is 12.4 Å². The molecule has 0 atom stereocenters. The van der Waals surface area contributed by atoms with Gasteiger partial charge in [-0.25, -0.2) is 4.98 Å². The average Bonchev–Trinajstić information content (AvgIpc) is 2.93. The van der Waals surface area contributed by atoms with E-state index < -0.39 is 12.8 Å². The minimum Gasteiger partial charge on any atom is -0.444 e. The van der Waals surface area contributed by atoms with E-state index in [4.69, 9.17) is 4.42 Å². The average molecular weight is 384 g/mol. The van der Waals surface area contributed by atoms with Gasteiger partial charge in [0.25, 0.3) is 0 Å². The van der Waals surface area contributed by atoms with Crippen LogP contribution in [0.3, 0.4) is 0 Å². The van der Waals surface area contributed by atoms with Crippen LogP contribution in [0.25, 0.3) is 0 Å². The first-order valence-electron chi connectivity index (χ1n) is 8.36. The van der Waals surface area contributed by atoms with Crippen molar-refractivity contribution in [2.24, 2.45) is 4.99 Å². The molecule has 0 aliphatic rings. The monoisotopic (exact) mass is 384 g/mol. The third kappa shape index (κ3) is 7.30. The fourth-order valence-electron chi connectivity index (χ4n) is 2.22. The number of nitrogens with one attached hydrogen (secondary N) is 2. The Morgan fingerprint density at radius 3 is 2.30 bits per heavy atom. The van der Waals surface area contributed by atoms with Crippen LogP contribution in [-0.4, -0.2) is 30.8 Å². The zero-order valence-corrected chi connectivity index (χ0v) is 15.5. The lowest BCUT2D eigenvalue weighted by atomic mass is 10.1. The Morgan fingerprint density at radius 2 is 1.74 bits per heavy atom. The van der Waals surface area contributed by atoms with Gasteiger partial charge in [0, 0.05) is 13.6 Å². The third-order valence-electron chi connectivity index (χ3n) is 3.72. The Morgan fingerprint density at radius 1 is 1.11 bits per heavy atom. The van der Waals surface area contributed by atoms with Crippen LogP contribution in [0, 0.1) is 13.8 Å². The smallest absolute Gasteiger partial charge is 0.411 e. The van der Waals surface area contributed by atoms with Gasteiger partial charge in [-0.05, 0) is 25.0 Å². The number of oxazole rings is 1. The molecule has 0 radical (unpaired) electrons. The summed E-state index contributed by atoms with van der Waals surface area (Å²) in [4.78, 5) is 8.42. The lowest BCUT2D eigenvalue weighted by Gasteiger charge is -2.11. The summed E-state index contributed by atoms with van der Waals surface area (Å²) in [5.74, 6) is 1.95. The molecule has 148 valence electrons. The van der Waals surface area contributed by atoms with Crippen LogP contribution in [0.4, 0.5) is 13.2 Å². The van der Waals surface area contributed by atoms with Gasteiger partial charge in [-0.3, -0.25) is 4.99 Å². The van der Waals surface area contributed by atoms with Crippen LogP contribution in [0.2, 0.25) is 0 Å². The third-order valence-corrected chi connectivity index (χ3v) is 3.72. The molecule has 0 aliphatic carbocycles. The second-order valence-corrected chi connectivity index (χ2v) is 5.95. The summed E-state index contributed by atoms with van der Waals surface area (Å²) in [7, 11) is 1.66. The van der Waals surface area contributed by atoms with Gasteiger partial charge >= 0.3 is 6.18 Å². The van der Waals surface area contributed by atoms with Crippen molar-refractivity contribution < 1.29 is 22.3 Å².